The van der Waals surface area contributed by atoms with E-state index < -0.39 is 0 Å². The van der Waals surface area contributed by atoms with Gasteiger partial charge in [0.2, 0.25) is 11.7 Å². The minimum Gasteiger partial charge on any atom is -0.431 e. The van der Waals surface area contributed by atoms with Gasteiger partial charge in [0.05, 0.1) is 6.20 Å². The predicted molar refractivity (Wildman–Crippen MR) is 80.9 cm³/mol. The second-order valence-corrected chi connectivity index (χ2v) is 5.74. The van der Waals surface area contributed by atoms with Crippen LogP contribution in [0.4, 0.5) is 0 Å². The maximum absolute atomic E-state index is 12.7. The molecule has 1 aromatic heterocycles. The van der Waals surface area contributed by atoms with E-state index in [2.05, 4.69) is 18.8 Å². The monoisotopic (exact) mass is 284 g/mol. The fourth-order valence-corrected chi connectivity index (χ4v) is 3.04. The van der Waals surface area contributed by atoms with E-state index in [1.54, 1.807) is 6.20 Å². The molecule has 1 aliphatic heterocycles. The van der Waals surface area contributed by atoms with Crippen molar-refractivity contribution in [2.24, 2.45) is 0 Å². The van der Waals surface area contributed by atoms with E-state index in [4.69, 9.17) is 4.42 Å². The normalized spacial score (nSPS) is 22.3. The first-order valence-electron chi connectivity index (χ1n) is 7.50. The van der Waals surface area contributed by atoms with Gasteiger partial charge in [-0.05, 0) is 45.2 Å². The van der Waals surface area contributed by atoms with E-state index in [1.165, 1.54) is 6.42 Å². The van der Waals surface area contributed by atoms with Crippen LogP contribution in [0.5, 0.6) is 0 Å². The molecule has 2 heterocycles. The maximum Gasteiger partial charge on any atom is 0.291 e. The molecule has 1 saturated heterocycles. The number of benzene rings is 1. The number of amides is 1. The molecule has 1 aliphatic rings. The van der Waals surface area contributed by atoms with Crippen LogP contribution < -0.4 is 0 Å². The van der Waals surface area contributed by atoms with Gasteiger partial charge < -0.3 is 9.32 Å². The summed E-state index contributed by atoms with van der Waals surface area (Å²) in [4.78, 5) is 18.8. The highest BCUT2D eigenvalue weighted by Gasteiger charge is 2.31. The Balaban J connectivity index is 1.84. The van der Waals surface area contributed by atoms with E-state index in [0.717, 1.165) is 18.4 Å². The van der Waals surface area contributed by atoms with E-state index in [0.29, 0.717) is 11.7 Å². The van der Waals surface area contributed by atoms with E-state index >= 15 is 0 Å². The molecule has 0 spiro atoms. The third kappa shape index (κ3) is 2.71. The largest absolute Gasteiger partial charge is 0.431 e. The van der Waals surface area contributed by atoms with Crippen molar-refractivity contribution >= 4 is 5.91 Å². The van der Waals surface area contributed by atoms with E-state index in [9.17, 15) is 4.79 Å². The van der Waals surface area contributed by atoms with Gasteiger partial charge >= 0.3 is 0 Å². The predicted octanol–water partition coefficient (Wildman–Crippen LogP) is 3.74. The Morgan fingerprint density at radius 1 is 1.19 bits per heavy atom. The second kappa shape index (κ2) is 5.72. The molecule has 0 aliphatic carbocycles. The third-order valence-electron chi connectivity index (χ3n) is 4.17. The summed E-state index contributed by atoms with van der Waals surface area (Å²) in [6.07, 6.45) is 4.82. The summed E-state index contributed by atoms with van der Waals surface area (Å²) in [5.41, 5.74) is 0.885. The number of rotatable bonds is 2. The van der Waals surface area contributed by atoms with Crippen molar-refractivity contribution in [3.8, 4) is 11.5 Å². The standard InChI is InChI=1S/C17H20N2O2/c1-12-7-6-8-13(2)19(12)17(20)15-11-18-16(21-15)14-9-4-3-5-10-14/h3-5,9-13H,6-8H2,1-2H3. The van der Waals surface area contributed by atoms with Gasteiger partial charge in [-0.1, -0.05) is 18.2 Å². The highest BCUT2D eigenvalue weighted by atomic mass is 16.4. The van der Waals surface area contributed by atoms with Crippen LogP contribution in [0.3, 0.4) is 0 Å². The van der Waals surface area contributed by atoms with Crippen LogP contribution in [-0.2, 0) is 0 Å². The van der Waals surface area contributed by atoms with Crippen molar-refractivity contribution in [3.63, 3.8) is 0 Å². The molecule has 3 rings (SSSR count). The SMILES string of the molecule is CC1CCCC(C)N1C(=O)c1cnc(-c2ccccc2)o1. The summed E-state index contributed by atoms with van der Waals surface area (Å²) < 4.78 is 5.68. The highest BCUT2D eigenvalue weighted by molar-refractivity contribution is 5.92. The lowest BCUT2D eigenvalue weighted by Gasteiger charge is -2.38. The number of aromatic nitrogens is 1. The molecule has 110 valence electrons. The summed E-state index contributed by atoms with van der Waals surface area (Å²) in [6, 6.07) is 10.2. The van der Waals surface area contributed by atoms with Crippen molar-refractivity contribution < 1.29 is 9.21 Å². The molecule has 2 unspecified atom stereocenters. The summed E-state index contributed by atoms with van der Waals surface area (Å²) in [5.74, 6) is 0.773. The number of carbonyl (C=O) groups excluding carboxylic acids is 1. The van der Waals surface area contributed by atoms with Gasteiger partial charge in [-0.2, -0.15) is 0 Å². The molecule has 2 aromatic rings. The molecule has 2 atom stereocenters. The van der Waals surface area contributed by atoms with Crippen LogP contribution in [0, 0.1) is 0 Å². The van der Waals surface area contributed by atoms with Crippen molar-refractivity contribution in [3.05, 3.63) is 42.3 Å². The van der Waals surface area contributed by atoms with Crippen molar-refractivity contribution in [1.29, 1.82) is 0 Å². The quantitative estimate of drug-likeness (QED) is 0.844. The van der Waals surface area contributed by atoms with Gasteiger partial charge in [0.15, 0.2) is 0 Å². The van der Waals surface area contributed by atoms with Crippen molar-refractivity contribution in [2.75, 3.05) is 0 Å². The number of oxazole rings is 1. The highest BCUT2D eigenvalue weighted by Crippen LogP contribution is 2.26. The first-order chi connectivity index (χ1) is 10.2. The van der Waals surface area contributed by atoms with Crippen molar-refractivity contribution in [2.45, 2.75) is 45.2 Å². The fourth-order valence-electron chi connectivity index (χ4n) is 3.04. The van der Waals surface area contributed by atoms with E-state index in [1.807, 2.05) is 35.2 Å². The van der Waals surface area contributed by atoms with E-state index in [-0.39, 0.29) is 18.0 Å². The molecule has 1 amide bonds. The molecule has 4 nitrogen and oxygen atoms in total. The summed E-state index contributed by atoms with van der Waals surface area (Å²) in [5, 5.41) is 0. The Morgan fingerprint density at radius 3 is 2.52 bits per heavy atom. The molecular weight excluding hydrogens is 264 g/mol. The molecular formula is C17H20N2O2. The maximum atomic E-state index is 12.7. The number of likely N-dealkylation sites (tertiary alicyclic amines) is 1. The van der Waals surface area contributed by atoms with Gasteiger partial charge in [0.25, 0.3) is 5.91 Å². The summed E-state index contributed by atoms with van der Waals surface area (Å²) in [6.45, 7) is 4.20. The Hall–Kier alpha value is -2.10. The number of piperidine rings is 1. The van der Waals surface area contributed by atoms with Crippen LogP contribution in [-0.4, -0.2) is 27.9 Å². The molecule has 0 N–H and O–H groups in total. The Labute approximate surface area is 124 Å². The number of hydrogen-bond acceptors (Lipinski definition) is 3. The average Bonchev–Trinajstić information content (AvgIpc) is 2.97. The number of carbonyl (C=O) groups is 1. The minimum absolute atomic E-state index is 0.0515. The third-order valence-corrected chi connectivity index (χ3v) is 4.17. The van der Waals surface area contributed by atoms with Crippen molar-refractivity contribution in [1.82, 2.24) is 9.88 Å². The van der Waals surface area contributed by atoms with Gasteiger partial charge in [-0.25, -0.2) is 4.98 Å². The fraction of sp³-hybridized carbons (Fsp3) is 0.412. The zero-order chi connectivity index (χ0) is 14.8. The minimum atomic E-state index is -0.0515. The Kier molecular flexibility index (Phi) is 3.78. The molecule has 0 saturated carbocycles. The zero-order valence-corrected chi connectivity index (χ0v) is 12.5. The topological polar surface area (TPSA) is 46.3 Å². The average molecular weight is 284 g/mol. The van der Waals surface area contributed by atoms with Gasteiger partial charge in [0, 0.05) is 17.6 Å². The summed E-state index contributed by atoms with van der Waals surface area (Å²) >= 11 is 0. The zero-order valence-electron chi connectivity index (χ0n) is 12.5. The molecule has 1 aromatic carbocycles. The molecule has 21 heavy (non-hydrogen) atoms. The van der Waals surface area contributed by atoms with Gasteiger partial charge in [-0.15, -0.1) is 0 Å². The summed E-state index contributed by atoms with van der Waals surface area (Å²) in [7, 11) is 0. The molecule has 0 bridgehead atoms. The number of nitrogens with zero attached hydrogens (tertiary/aromatic N) is 2. The number of hydrogen-bond donors (Lipinski definition) is 0. The van der Waals surface area contributed by atoms with Gasteiger partial charge in [0.1, 0.15) is 0 Å². The van der Waals surface area contributed by atoms with Crippen LogP contribution in [0.15, 0.2) is 40.9 Å². The lowest BCUT2D eigenvalue weighted by atomic mass is 9.97. The van der Waals surface area contributed by atoms with Crippen LogP contribution >= 0.6 is 0 Å². The first kappa shape index (κ1) is 13.9. The molecule has 1 fully saturated rings. The Bertz CT molecular complexity index is 611. The second-order valence-electron chi connectivity index (χ2n) is 5.74. The molecule has 4 heteroatoms. The lowest BCUT2D eigenvalue weighted by molar-refractivity contribution is 0.0479. The van der Waals surface area contributed by atoms with Crippen LogP contribution in [0.1, 0.15) is 43.7 Å². The first-order valence-corrected chi connectivity index (χ1v) is 7.50. The lowest BCUT2D eigenvalue weighted by Crippen LogP contribution is -2.47. The molecule has 0 radical (unpaired) electrons. The Morgan fingerprint density at radius 2 is 1.86 bits per heavy atom. The van der Waals surface area contributed by atoms with Gasteiger partial charge in [-0.3, -0.25) is 4.79 Å². The van der Waals surface area contributed by atoms with Crippen LogP contribution in [0.25, 0.3) is 11.5 Å². The van der Waals surface area contributed by atoms with Crippen LogP contribution in [0.2, 0.25) is 0 Å². The smallest absolute Gasteiger partial charge is 0.291 e.